The predicted octanol–water partition coefficient (Wildman–Crippen LogP) is 2.37. The summed E-state index contributed by atoms with van der Waals surface area (Å²) in [5.74, 6) is 1.16. The Morgan fingerprint density at radius 3 is 3.07 bits per heavy atom. The summed E-state index contributed by atoms with van der Waals surface area (Å²) in [6.45, 7) is 1.95. The molecule has 2 heterocycles. The van der Waals surface area contributed by atoms with Gasteiger partial charge in [-0.05, 0) is 42.9 Å². The zero-order valence-electron chi connectivity index (χ0n) is 15.6. The maximum atomic E-state index is 12.4. The number of methoxy groups -OCH3 is 1. The van der Waals surface area contributed by atoms with Crippen molar-refractivity contribution < 1.29 is 14.3 Å². The van der Waals surface area contributed by atoms with E-state index in [9.17, 15) is 9.59 Å². The van der Waals surface area contributed by atoms with E-state index in [2.05, 4.69) is 15.3 Å². The molecule has 7 heteroatoms. The molecule has 1 aromatic heterocycles. The van der Waals surface area contributed by atoms with Crippen molar-refractivity contribution in [2.75, 3.05) is 20.2 Å². The zero-order chi connectivity index (χ0) is 19.1. The summed E-state index contributed by atoms with van der Waals surface area (Å²) in [7, 11) is 1.63. The van der Waals surface area contributed by atoms with E-state index in [4.69, 9.17) is 4.74 Å². The highest BCUT2D eigenvalue weighted by Crippen LogP contribution is 2.22. The first-order chi connectivity index (χ1) is 13.2. The Bertz CT molecular complexity index is 760. The number of H-pyrrole nitrogens is 1. The molecular weight excluding hydrogens is 344 g/mol. The second-order valence-corrected chi connectivity index (χ2v) is 6.89. The van der Waals surface area contributed by atoms with Crippen LogP contribution in [0, 0.1) is 5.92 Å². The molecule has 0 saturated carbocycles. The van der Waals surface area contributed by atoms with E-state index in [1.807, 2.05) is 29.2 Å². The molecule has 2 amide bonds. The SMILES string of the molecule is COc1cccc(CNC(=O)CC[C@@H]2CCCN(C(=O)c3cnc[nH]3)C2)c1. The van der Waals surface area contributed by atoms with E-state index in [0.717, 1.165) is 37.1 Å². The van der Waals surface area contributed by atoms with Crippen LogP contribution in [-0.2, 0) is 11.3 Å². The van der Waals surface area contributed by atoms with Crippen molar-refractivity contribution in [2.45, 2.75) is 32.2 Å². The Hall–Kier alpha value is -2.83. The Morgan fingerprint density at radius 1 is 1.41 bits per heavy atom. The maximum absolute atomic E-state index is 12.4. The molecule has 0 bridgehead atoms. The monoisotopic (exact) mass is 370 g/mol. The number of ether oxygens (including phenoxy) is 1. The third kappa shape index (κ3) is 5.32. The smallest absolute Gasteiger partial charge is 0.271 e. The number of rotatable bonds is 7. The normalized spacial score (nSPS) is 16.8. The van der Waals surface area contributed by atoms with Crippen LogP contribution in [0.3, 0.4) is 0 Å². The fourth-order valence-corrected chi connectivity index (χ4v) is 3.44. The number of aromatic amines is 1. The number of hydrogen-bond donors (Lipinski definition) is 2. The molecule has 1 atom stereocenters. The summed E-state index contributed by atoms with van der Waals surface area (Å²) in [5, 5.41) is 2.96. The largest absolute Gasteiger partial charge is 0.497 e. The Kier molecular flexibility index (Phi) is 6.46. The highest BCUT2D eigenvalue weighted by Gasteiger charge is 2.25. The van der Waals surface area contributed by atoms with Gasteiger partial charge in [-0.15, -0.1) is 0 Å². The van der Waals surface area contributed by atoms with Crippen LogP contribution < -0.4 is 10.1 Å². The molecule has 0 aliphatic carbocycles. The highest BCUT2D eigenvalue weighted by molar-refractivity contribution is 5.92. The van der Waals surface area contributed by atoms with E-state index in [1.165, 1.54) is 6.33 Å². The van der Waals surface area contributed by atoms with Crippen LogP contribution in [-0.4, -0.2) is 46.9 Å². The number of carbonyl (C=O) groups excluding carboxylic acids is 2. The number of imidazole rings is 1. The molecule has 1 aliphatic heterocycles. The van der Waals surface area contributed by atoms with Gasteiger partial charge in [0.15, 0.2) is 0 Å². The Labute approximate surface area is 159 Å². The maximum Gasteiger partial charge on any atom is 0.271 e. The topological polar surface area (TPSA) is 87.3 Å². The average Bonchev–Trinajstić information content (AvgIpc) is 3.25. The number of hydrogen-bond acceptors (Lipinski definition) is 4. The van der Waals surface area contributed by atoms with E-state index in [0.29, 0.717) is 31.1 Å². The van der Waals surface area contributed by atoms with Crippen LogP contribution in [0.1, 0.15) is 41.7 Å². The van der Waals surface area contributed by atoms with Gasteiger partial charge in [-0.1, -0.05) is 12.1 Å². The van der Waals surface area contributed by atoms with Gasteiger partial charge in [0.2, 0.25) is 5.91 Å². The molecule has 27 heavy (non-hydrogen) atoms. The predicted molar refractivity (Wildman–Crippen MR) is 101 cm³/mol. The molecule has 0 radical (unpaired) electrons. The molecule has 0 spiro atoms. The van der Waals surface area contributed by atoms with Crippen LogP contribution in [0.2, 0.25) is 0 Å². The van der Waals surface area contributed by atoms with Crippen molar-refractivity contribution in [1.82, 2.24) is 20.2 Å². The summed E-state index contributed by atoms with van der Waals surface area (Å²) in [5.41, 5.74) is 1.53. The average molecular weight is 370 g/mol. The highest BCUT2D eigenvalue weighted by atomic mass is 16.5. The zero-order valence-corrected chi connectivity index (χ0v) is 15.6. The first kappa shape index (κ1) is 18.9. The van der Waals surface area contributed by atoms with Gasteiger partial charge in [0.1, 0.15) is 11.4 Å². The molecular formula is C20H26N4O3. The number of nitrogens with one attached hydrogen (secondary N) is 2. The first-order valence-corrected chi connectivity index (χ1v) is 9.33. The summed E-state index contributed by atoms with van der Waals surface area (Å²) < 4.78 is 5.19. The molecule has 7 nitrogen and oxygen atoms in total. The van der Waals surface area contributed by atoms with Crippen LogP contribution >= 0.6 is 0 Å². The lowest BCUT2D eigenvalue weighted by molar-refractivity contribution is -0.121. The number of likely N-dealkylation sites (tertiary alicyclic amines) is 1. The van der Waals surface area contributed by atoms with Crippen LogP contribution in [0.4, 0.5) is 0 Å². The van der Waals surface area contributed by atoms with E-state index in [-0.39, 0.29) is 11.8 Å². The molecule has 2 N–H and O–H groups in total. The van der Waals surface area contributed by atoms with E-state index >= 15 is 0 Å². The summed E-state index contributed by atoms with van der Waals surface area (Å²) in [6, 6.07) is 7.67. The number of amides is 2. The quantitative estimate of drug-likeness (QED) is 0.783. The lowest BCUT2D eigenvalue weighted by atomic mass is 9.93. The molecule has 1 aliphatic rings. The lowest BCUT2D eigenvalue weighted by Crippen LogP contribution is -2.40. The third-order valence-electron chi connectivity index (χ3n) is 4.94. The van der Waals surface area contributed by atoms with Gasteiger partial charge in [-0.3, -0.25) is 9.59 Å². The minimum absolute atomic E-state index is 0.0142. The molecule has 0 unspecified atom stereocenters. The van der Waals surface area contributed by atoms with E-state index < -0.39 is 0 Å². The molecule has 1 aromatic carbocycles. The first-order valence-electron chi connectivity index (χ1n) is 9.33. The van der Waals surface area contributed by atoms with Gasteiger partial charge in [0.05, 0.1) is 19.6 Å². The van der Waals surface area contributed by atoms with Crippen molar-refractivity contribution in [2.24, 2.45) is 5.92 Å². The van der Waals surface area contributed by atoms with Gasteiger partial charge in [0.25, 0.3) is 5.91 Å². The fraction of sp³-hybridized carbons (Fsp3) is 0.450. The van der Waals surface area contributed by atoms with Crippen LogP contribution in [0.5, 0.6) is 5.75 Å². The standard InChI is InChI=1S/C20H26N4O3/c1-27-17-6-2-4-16(10-17)11-22-19(25)8-7-15-5-3-9-24(13-15)20(26)18-12-21-14-23-18/h2,4,6,10,12,14-15H,3,5,7-9,11,13H2,1H3,(H,21,23)(H,22,25)/t15-/m0/s1. The van der Waals surface area contributed by atoms with Crippen molar-refractivity contribution >= 4 is 11.8 Å². The van der Waals surface area contributed by atoms with E-state index in [1.54, 1.807) is 13.3 Å². The summed E-state index contributed by atoms with van der Waals surface area (Å²) >= 11 is 0. The van der Waals surface area contributed by atoms with Crippen molar-refractivity contribution in [3.05, 3.63) is 48.0 Å². The van der Waals surface area contributed by atoms with Gasteiger partial charge in [-0.2, -0.15) is 0 Å². The molecule has 1 fully saturated rings. The molecule has 1 saturated heterocycles. The number of piperidine rings is 1. The molecule has 144 valence electrons. The van der Waals surface area contributed by atoms with Crippen LogP contribution in [0.15, 0.2) is 36.8 Å². The van der Waals surface area contributed by atoms with Gasteiger partial charge >= 0.3 is 0 Å². The fourth-order valence-electron chi connectivity index (χ4n) is 3.44. The Morgan fingerprint density at radius 2 is 2.30 bits per heavy atom. The van der Waals surface area contributed by atoms with Gasteiger partial charge in [0, 0.05) is 26.1 Å². The third-order valence-corrected chi connectivity index (χ3v) is 4.94. The van der Waals surface area contributed by atoms with Gasteiger partial charge in [-0.25, -0.2) is 4.98 Å². The minimum Gasteiger partial charge on any atom is -0.497 e. The molecule has 3 rings (SSSR count). The number of carbonyl (C=O) groups is 2. The van der Waals surface area contributed by atoms with Crippen molar-refractivity contribution in [1.29, 1.82) is 0 Å². The lowest BCUT2D eigenvalue weighted by Gasteiger charge is -2.32. The van der Waals surface area contributed by atoms with Crippen molar-refractivity contribution in [3.63, 3.8) is 0 Å². The summed E-state index contributed by atoms with van der Waals surface area (Å²) in [4.78, 5) is 33.2. The summed E-state index contributed by atoms with van der Waals surface area (Å²) in [6.07, 6.45) is 6.35. The minimum atomic E-state index is -0.0142. The second kappa shape index (κ2) is 9.21. The number of nitrogens with zero attached hydrogens (tertiary/aromatic N) is 2. The number of benzene rings is 1. The second-order valence-electron chi connectivity index (χ2n) is 6.89. The van der Waals surface area contributed by atoms with Gasteiger partial charge < -0.3 is 19.9 Å². The van der Waals surface area contributed by atoms with Crippen LogP contribution in [0.25, 0.3) is 0 Å². The molecule has 2 aromatic rings. The van der Waals surface area contributed by atoms with Crippen molar-refractivity contribution in [3.8, 4) is 5.75 Å². The number of aromatic nitrogens is 2. The Balaban J connectivity index is 1.42.